The molecule has 4 rings (SSSR count). The Kier molecular flexibility index (Phi) is 5.05. The highest BCUT2D eigenvalue weighted by Crippen LogP contribution is 2.34. The van der Waals surface area contributed by atoms with Crippen molar-refractivity contribution in [2.24, 2.45) is 12.2 Å². The van der Waals surface area contributed by atoms with Gasteiger partial charge in [-0.15, -0.1) is 0 Å². The third kappa shape index (κ3) is 4.11. The highest BCUT2D eigenvalue weighted by Gasteiger charge is 2.15. The molecule has 1 aliphatic heterocycles. The van der Waals surface area contributed by atoms with Crippen LogP contribution in [-0.4, -0.2) is 29.2 Å². The molecule has 138 valence electrons. The van der Waals surface area contributed by atoms with Gasteiger partial charge in [-0.2, -0.15) is 5.10 Å². The van der Waals surface area contributed by atoms with Gasteiger partial charge < -0.3 is 14.3 Å². The van der Waals surface area contributed by atoms with Crippen LogP contribution in [0.25, 0.3) is 11.3 Å². The van der Waals surface area contributed by atoms with Crippen molar-refractivity contribution in [3.8, 4) is 22.8 Å². The van der Waals surface area contributed by atoms with Crippen molar-refractivity contribution in [3.05, 3.63) is 65.9 Å². The predicted octanol–water partition coefficient (Wildman–Crippen LogP) is 3.80. The van der Waals surface area contributed by atoms with Gasteiger partial charge >= 0.3 is 0 Å². The lowest BCUT2D eigenvalue weighted by atomic mass is 10.1. The molecule has 0 atom stereocenters. The Morgan fingerprint density at radius 1 is 1.11 bits per heavy atom. The average molecular weight is 363 g/mol. The maximum absolute atomic E-state index is 5.79. The normalized spacial score (nSPS) is 13.5. The molecule has 0 radical (unpaired) electrons. The van der Waals surface area contributed by atoms with Crippen LogP contribution in [0.15, 0.2) is 59.9 Å². The van der Waals surface area contributed by atoms with Gasteiger partial charge in [0.2, 0.25) is 0 Å². The Morgan fingerprint density at radius 2 is 1.93 bits per heavy atom. The van der Waals surface area contributed by atoms with E-state index in [0.29, 0.717) is 19.8 Å². The number of ether oxygens (including phenoxy) is 2. The molecule has 0 amide bonds. The number of aromatic nitrogens is 2. The minimum absolute atomic E-state index is 0.428. The summed E-state index contributed by atoms with van der Waals surface area (Å²) in [6.45, 7) is 1.75. The van der Waals surface area contributed by atoms with E-state index in [-0.39, 0.29) is 0 Å². The van der Waals surface area contributed by atoms with E-state index in [4.69, 9.17) is 14.3 Å². The van der Waals surface area contributed by atoms with E-state index in [2.05, 4.69) is 10.3 Å². The number of aryl methyl sites for hydroxylation is 1. The molecule has 0 N–H and O–H groups in total. The second kappa shape index (κ2) is 7.95. The van der Waals surface area contributed by atoms with Gasteiger partial charge in [0, 0.05) is 30.8 Å². The van der Waals surface area contributed by atoms with Crippen molar-refractivity contribution in [2.75, 3.05) is 13.2 Å². The quantitative estimate of drug-likeness (QED) is 0.511. The van der Waals surface area contributed by atoms with Crippen molar-refractivity contribution in [2.45, 2.75) is 13.0 Å². The van der Waals surface area contributed by atoms with E-state index < -0.39 is 0 Å². The molecule has 3 aromatic rings. The van der Waals surface area contributed by atoms with Crippen molar-refractivity contribution >= 4 is 6.21 Å². The summed E-state index contributed by atoms with van der Waals surface area (Å²) in [5.41, 5.74) is 3.72. The van der Waals surface area contributed by atoms with Crippen LogP contribution in [0, 0.1) is 0 Å². The first-order chi connectivity index (χ1) is 13.3. The maximum atomic E-state index is 5.79. The summed E-state index contributed by atoms with van der Waals surface area (Å²) in [6.07, 6.45) is 4.48. The molecule has 0 spiro atoms. The van der Waals surface area contributed by atoms with Gasteiger partial charge in [0.1, 0.15) is 12.3 Å². The molecule has 6 nitrogen and oxygen atoms in total. The summed E-state index contributed by atoms with van der Waals surface area (Å²) in [4.78, 5) is 5.42. The van der Waals surface area contributed by atoms with Gasteiger partial charge in [0.25, 0.3) is 0 Å². The first kappa shape index (κ1) is 17.1. The third-order valence-electron chi connectivity index (χ3n) is 4.22. The summed E-state index contributed by atoms with van der Waals surface area (Å²) in [7, 11) is 1.88. The van der Waals surface area contributed by atoms with Gasteiger partial charge in [-0.1, -0.05) is 35.5 Å². The van der Waals surface area contributed by atoms with E-state index in [1.165, 1.54) is 0 Å². The van der Waals surface area contributed by atoms with Crippen molar-refractivity contribution < 1.29 is 14.3 Å². The van der Waals surface area contributed by atoms with Crippen molar-refractivity contribution in [1.29, 1.82) is 0 Å². The average Bonchev–Trinajstić information content (AvgIpc) is 2.91. The number of nitrogens with zero attached hydrogens (tertiary/aromatic N) is 3. The molecular weight excluding hydrogens is 342 g/mol. The summed E-state index contributed by atoms with van der Waals surface area (Å²) < 4.78 is 13.2. The smallest absolute Gasteiger partial charge is 0.161 e. The minimum Gasteiger partial charge on any atom is -0.490 e. The maximum Gasteiger partial charge on any atom is 0.161 e. The van der Waals surface area contributed by atoms with Crippen LogP contribution < -0.4 is 9.47 Å². The van der Waals surface area contributed by atoms with E-state index in [1.807, 2.05) is 61.8 Å². The number of rotatable bonds is 5. The standard InChI is InChI=1S/C21H21N3O3/c1-24-14-18(13-22-27-15-16-6-3-2-4-7-16)21(23-24)17-8-9-19-20(12-17)26-11-5-10-25-19/h2-4,6-9,12-14H,5,10-11,15H2,1H3/b22-13+. The fourth-order valence-electron chi connectivity index (χ4n) is 2.92. The van der Waals surface area contributed by atoms with Crippen molar-refractivity contribution in [1.82, 2.24) is 9.78 Å². The fraction of sp³-hybridized carbons (Fsp3) is 0.238. The Labute approximate surface area is 158 Å². The van der Waals surface area contributed by atoms with Gasteiger partial charge in [0.15, 0.2) is 11.5 Å². The zero-order valence-corrected chi connectivity index (χ0v) is 15.2. The molecule has 0 fully saturated rings. The number of hydrogen-bond acceptors (Lipinski definition) is 5. The van der Waals surface area contributed by atoms with E-state index in [9.17, 15) is 0 Å². The third-order valence-corrected chi connectivity index (χ3v) is 4.22. The summed E-state index contributed by atoms with van der Waals surface area (Å²) in [6, 6.07) is 15.8. The first-order valence-corrected chi connectivity index (χ1v) is 8.92. The van der Waals surface area contributed by atoms with E-state index in [1.54, 1.807) is 10.9 Å². The van der Waals surface area contributed by atoms with Crippen LogP contribution in [-0.2, 0) is 18.5 Å². The molecule has 1 aliphatic rings. The Balaban J connectivity index is 1.52. The van der Waals surface area contributed by atoms with Crippen molar-refractivity contribution in [3.63, 3.8) is 0 Å². The zero-order valence-electron chi connectivity index (χ0n) is 15.2. The van der Waals surface area contributed by atoms with Crippen LogP contribution in [0.2, 0.25) is 0 Å². The van der Waals surface area contributed by atoms with Gasteiger partial charge in [-0.3, -0.25) is 4.68 Å². The predicted molar refractivity (Wildman–Crippen MR) is 103 cm³/mol. The molecule has 0 bridgehead atoms. The number of fused-ring (bicyclic) bond motifs is 1. The SMILES string of the molecule is Cn1cc(/C=N/OCc2ccccc2)c(-c2ccc3c(c2)OCCCO3)n1. The topological polar surface area (TPSA) is 57.9 Å². The lowest BCUT2D eigenvalue weighted by Gasteiger charge is -2.08. The van der Waals surface area contributed by atoms with Gasteiger partial charge in [-0.05, 0) is 23.8 Å². The Morgan fingerprint density at radius 3 is 2.78 bits per heavy atom. The van der Waals surface area contributed by atoms with Crippen LogP contribution in [0.1, 0.15) is 17.5 Å². The number of oxime groups is 1. The van der Waals surface area contributed by atoms with Crippen LogP contribution in [0.4, 0.5) is 0 Å². The molecule has 0 saturated heterocycles. The van der Waals surface area contributed by atoms with Crippen LogP contribution in [0.3, 0.4) is 0 Å². The van der Waals surface area contributed by atoms with Gasteiger partial charge in [-0.25, -0.2) is 0 Å². The molecule has 2 heterocycles. The van der Waals surface area contributed by atoms with Crippen LogP contribution in [0.5, 0.6) is 11.5 Å². The van der Waals surface area contributed by atoms with Crippen LogP contribution >= 0.6 is 0 Å². The second-order valence-electron chi connectivity index (χ2n) is 6.31. The number of benzene rings is 2. The molecule has 2 aromatic carbocycles. The summed E-state index contributed by atoms with van der Waals surface area (Å²) >= 11 is 0. The van der Waals surface area contributed by atoms with E-state index >= 15 is 0 Å². The summed E-state index contributed by atoms with van der Waals surface area (Å²) in [5, 5.41) is 8.67. The first-order valence-electron chi connectivity index (χ1n) is 8.92. The minimum atomic E-state index is 0.428. The highest BCUT2D eigenvalue weighted by molar-refractivity contribution is 5.88. The molecule has 0 unspecified atom stereocenters. The molecule has 27 heavy (non-hydrogen) atoms. The fourth-order valence-corrected chi connectivity index (χ4v) is 2.92. The number of hydrogen-bond donors (Lipinski definition) is 0. The molecule has 0 aliphatic carbocycles. The summed E-state index contributed by atoms with van der Waals surface area (Å²) in [5.74, 6) is 1.52. The zero-order chi connectivity index (χ0) is 18.5. The largest absolute Gasteiger partial charge is 0.490 e. The molecule has 1 aromatic heterocycles. The molecule has 0 saturated carbocycles. The molecule has 6 heteroatoms. The second-order valence-corrected chi connectivity index (χ2v) is 6.31. The highest BCUT2D eigenvalue weighted by atomic mass is 16.6. The monoisotopic (exact) mass is 363 g/mol. The molecular formula is C21H21N3O3. The van der Waals surface area contributed by atoms with E-state index in [0.717, 1.165) is 40.3 Å². The van der Waals surface area contributed by atoms with Gasteiger partial charge in [0.05, 0.1) is 19.4 Å². The Hall–Kier alpha value is -3.28. The lowest BCUT2D eigenvalue weighted by Crippen LogP contribution is -1.97. The Bertz CT molecular complexity index is 935. The lowest BCUT2D eigenvalue weighted by molar-refractivity contribution is 0.132.